The van der Waals surface area contributed by atoms with Crippen LogP contribution in [0.4, 0.5) is 4.39 Å². The van der Waals surface area contributed by atoms with E-state index in [0.717, 1.165) is 23.3 Å². The zero-order chi connectivity index (χ0) is 12.0. The molecule has 1 aliphatic heterocycles. The summed E-state index contributed by atoms with van der Waals surface area (Å²) < 4.78 is 14.0. The maximum absolute atomic E-state index is 13.4. The number of H-pyrrole nitrogens is 1. The van der Waals surface area contributed by atoms with Crippen molar-refractivity contribution in [2.75, 3.05) is 5.75 Å². The molecule has 17 heavy (non-hydrogen) atoms. The third-order valence-electron chi connectivity index (χ3n) is 3.24. The Bertz CT molecular complexity index is 536. The summed E-state index contributed by atoms with van der Waals surface area (Å²) >= 11 is 5.11. The molecule has 2 heterocycles. The van der Waals surface area contributed by atoms with Gasteiger partial charge < -0.3 is 4.98 Å². The summed E-state index contributed by atoms with van der Waals surface area (Å²) in [4.78, 5) is 7.85. The normalized spacial score (nSPS) is 24.6. The van der Waals surface area contributed by atoms with Crippen molar-refractivity contribution in [3.05, 3.63) is 28.2 Å². The van der Waals surface area contributed by atoms with E-state index >= 15 is 0 Å². The van der Waals surface area contributed by atoms with E-state index < -0.39 is 0 Å². The first-order valence-electron chi connectivity index (χ1n) is 5.58. The van der Waals surface area contributed by atoms with Crippen molar-refractivity contribution in [2.24, 2.45) is 0 Å². The minimum Gasteiger partial charge on any atom is -0.341 e. The predicted molar refractivity (Wildman–Crippen MR) is 72.8 cm³/mol. The van der Waals surface area contributed by atoms with Crippen LogP contribution in [0.2, 0.25) is 0 Å². The zero-order valence-electron chi connectivity index (χ0n) is 9.39. The number of hydrogen-bond donors (Lipinski definition) is 1. The lowest BCUT2D eigenvalue weighted by Gasteiger charge is -2.18. The van der Waals surface area contributed by atoms with Gasteiger partial charge in [-0.2, -0.15) is 0 Å². The molecule has 1 aromatic heterocycles. The van der Waals surface area contributed by atoms with Gasteiger partial charge in [-0.3, -0.25) is 0 Å². The Morgan fingerprint density at radius 3 is 3.06 bits per heavy atom. The van der Waals surface area contributed by atoms with Gasteiger partial charge in [0, 0.05) is 6.07 Å². The highest BCUT2D eigenvalue weighted by Crippen LogP contribution is 2.45. The number of halogens is 2. The van der Waals surface area contributed by atoms with E-state index in [1.54, 1.807) is 6.07 Å². The van der Waals surface area contributed by atoms with Gasteiger partial charge in [0.1, 0.15) is 11.6 Å². The van der Waals surface area contributed by atoms with Crippen molar-refractivity contribution in [1.29, 1.82) is 0 Å². The molecule has 0 amide bonds. The van der Waals surface area contributed by atoms with Crippen molar-refractivity contribution in [3.8, 4) is 0 Å². The summed E-state index contributed by atoms with van der Waals surface area (Å²) in [5.74, 6) is 1.88. The first kappa shape index (κ1) is 11.5. The van der Waals surface area contributed by atoms with Crippen LogP contribution in [0.1, 0.15) is 25.6 Å². The molecule has 1 atom stereocenters. The second-order valence-electron chi connectivity index (χ2n) is 4.55. The second-order valence-corrected chi connectivity index (χ2v) is 7.00. The van der Waals surface area contributed by atoms with Gasteiger partial charge in [-0.05, 0) is 47.5 Å². The van der Waals surface area contributed by atoms with Gasteiger partial charge in [-0.1, -0.05) is 0 Å². The minimum atomic E-state index is -0.253. The summed E-state index contributed by atoms with van der Waals surface area (Å²) in [7, 11) is 0. The molecule has 3 rings (SSSR count). The first-order valence-corrected chi connectivity index (χ1v) is 7.35. The molecular weight excluding hydrogens is 303 g/mol. The van der Waals surface area contributed by atoms with Gasteiger partial charge in [-0.25, -0.2) is 9.37 Å². The standard InChI is InChI=1S/C12H12BrFN2S/c1-12(3-2-4-17-12)11-15-9-5-7(13)8(14)6-10(9)16-11/h5-6H,2-4H2,1H3,(H,15,16). The molecule has 1 N–H and O–H groups in total. The molecule has 2 aromatic rings. The van der Waals surface area contributed by atoms with E-state index in [1.807, 2.05) is 11.8 Å². The van der Waals surface area contributed by atoms with Gasteiger partial charge in [0.15, 0.2) is 0 Å². The molecule has 0 radical (unpaired) electrons. The maximum Gasteiger partial charge on any atom is 0.139 e. The Morgan fingerprint density at radius 2 is 2.35 bits per heavy atom. The number of aromatic amines is 1. The molecule has 2 nitrogen and oxygen atoms in total. The topological polar surface area (TPSA) is 28.7 Å². The smallest absolute Gasteiger partial charge is 0.139 e. The summed E-state index contributed by atoms with van der Waals surface area (Å²) in [6.07, 6.45) is 2.34. The Labute approximate surface area is 112 Å². The molecule has 1 unspecified atom stereocenters. The van der Waals surface area contributed by atoms with Crippen molar-refractivity contribution in [3.63, 3.8) is 0 Å². The summed E-state index contributed by atoms with van der Waals surface area (Å²) in [6, 6.07) is 3.23. The van der Waals surface area contributed by atoms with E-state index in [0.29, 0.717) is 4.47 Å². The van der Waals surface area contributed by atoms with Crippen molar-refractivity contribution < 1.29 is 4.39 Å². The molecule has 0 spiro atoms. The van der Waals surface area contributed by atoms with Crippen LogP contribution in [0.5, 0.6) is 0 Å². The highest BCUT2D eigenvalue weighted by Gasteiger charge is 2.34. The van der Waals surface area contributed by atoms with Crippen LogP contribution in [0, 0.1) is 5.82 Å². The number of rotatable bonds is 1. The highest BCUT2D eigenvalue weighted by molar-refractivity contribution is 9.10. The van der Waals surface area contributed by atoms with E-state index in [9.17, 15) is 4.39 Å². The summed E-state index contributed by atoms with van der Waals surface area (Å²) in [6.45, 7) is 2.20. The van der Waals surface area contributed by atoms with E-state index in [1.165, 1.54) is 18.2 Å². The molecule has 1 aliphatic rings. The molecule has 5 heteroatoms. The van der Waals surface area contributed by atoms with Crippen LogP contribution in [0.15, 0.2) is 16.6 Å². The lowest BCUT2D eigenvalue weighted by Crippen LogP contribution is -2.14. The predicted octanol–water partition coefficient (Wildman–Crippen LogP) is 4.21. The molecule has 0 saturated carbocycles. The quantitative estimate of drug-likeness (QED) is 0.854. The van der Waals surface area contributed by atoms with Gasteiger partial charge in [0.2, 0.25) is 0 Å². The average Bonchev–Trinajstić information content (AvgIpc) is 2.87. The molecule has 90 valence electrons. The number of nitrogens with one attached hydrogen (secondary N) is 1. The average molecular weight is 315 g/mol. The van der Waals surface area contributed by atoms with Crippen molar-refractivity contribution in [2.45, 2.75) is 24.5 Å². The number of benzene rings is 1. The van der Waals surface area contributed by atoms with Gasteiger partial charge in [-0.15, -0.1) is 11.8 Å². The SMILES string of the molecule is CC1(c2nc3cc(Br)c(F)cc3[nH]2)CCCS1. The lowest BCUT2D eigenvalue weighted by atomic mass is 10.1. The van der Waals surface area contributed by atoms with Crippen LogP contribution >= 0.6 is 27.7 Å². The molecular formula is C12H12BrFN2S. The fourth-order valence-corrected chi connectivity index (χ4v) is 3.81. The molecule has 0 bridgehead atoms. The second kappa shape index (κ2) is 3.99. The molecule has 0 aliphatic carbocycles. The van der Waals surface area contributed by atoms with E-state index in [-0.39, 0.29) is 10.6 Å². The number of nitrogens with zero attached hydrogens (tertiary/aromatic N) is 1. The van der Waals surface area contributed by atoms with E-state index in [4.69, 9.17) is 0 Å². The van der Waals surface area contributed by atoms with Crippen LogP contribution in [-0.4, -0.2) is 15.7 Å². The fourth-order valence-electron chi connectivity index (χ4n) is 2.22. The maximum atomic E-state index is 13.4. The monoisotopic (exact) mass is 314 g/mol. The number of thioether (sulfide) groups is 1. The summed E-state index contributed by atoms with van der Waals surface area (Å²) in [5, 5.41) is 0. The Hall–Kier alpha value is -0.550. The molecule has 1 aromatic carbocycles. The fraction of sp³-hybridized carbons (Fsp3) is 0.417. The van der Waals surface area contributed by atoms with Crippen LogP contribution in [-0.2, 0) is 4.75 Å². The minimum absolute atomic E-state index is 0.0575. The van der Waals surface area contributed by atoms with Crippen molar-refractivity contribution >= 4 is 38.7 Å². The van der Waals surface area contributed by atoms with Gasteiger partial charge in [0.25, 0.3) is 0 Å². The number of fused-ring (bicyclic) bond motifs is 1. The third kappa shape index (κ3) is 1.89. The molecule has 1 saturated heterocycles. The number of aromatic nitrogens is 2. The van der Waals surface area contributed by atoms with Crippen LogP contribution < -0.4 is 0 Å². The first-order chi connectivity index (χ1) is 8.08. The van der Waals surface area contributed by atoms with E-state index in [2.05, 4.69) is 32.8 Å². The van der Waals surface area contributed by atoms with Crippen molar-refractivity contribution in [1.82, 2.24) is 9.97 Å². The Kier molecular flexibility index (Phi) is 2.70. The Balaban J connectivity index is 2.13. The Morgan fingerprint density at radius 1 is 1.53 bits per heavy atom. The largest absolute Gasteiger partial charge is 0.341 e. The number of hydrogen-bond acceptors (Lipinski definition) is 2. The highest BCUT2D eigenvalue weighted by atomic mass is 79.9. The molecule has 1 fully saturated rings. The van der Waals surface area contributed by atoms with Gasteiger partial charge >= 0.3 is 0 Å². The lowest BCUT2D eigenvalue weighted by molar-refractivity contribution is 0.613. The number of imidazole rings is 1. The summed E-state index contributed by atoms with van der Waals surface area (Å²) in [5.41, 5.74) is 1.59. The third-order valence-corrected chi connectivity index (χ3v) is 5.38. The van der Waals surface area contributed by atoms with Crippen LogP contribution in [0.25, 0.3) is 11.0 Å². The van der Waals surface area contributed by atoms with Crippen LogP contribution in [0.3, 0.4) is 0 Å². The zero-order valence-corrected chi connectivity index (χ0v) is 11.8. The van der Waals surface area contributed by atoms with Gasteiger partial charge in [0.05, 0.1) is 20.3 Å².